The van der Waals surface area contributed by atoms with Crippen LogP contribution in [0.4, 0.5) is 0 Å². The predicted octanol–water partition coefficient (Wildman–Crippen LogP) is 2.91. The molecule has 0 aromatic heterocycles. The molecule has 0 aliphatic heterocycles. The Bertz CT molecular complexity index is 179. The SMILES string of the molecule is CC(=O)OC(C)(C)CC1CCCC1. The maximum Gasteiger partial charge on any atom is 0.303 e. The summed E-state index contributed by atoms with van der Waals surface area (Å²) < 4.78 is 5.26. The highest BCUT2D eigenvalue weighted by Gasteiger charge is 2.27. The Labute approximate surface area is 80.7 Å². The van der Waals surface area contributed by atoms with E-state index in [-0.39, 0.29) is 11.6 Å². The van der Waals surface area contributed by atoms with E-state index in [0.717, 1.165) is 12.3 Å². The number of hydrogen-bond donors (Lipinski definition) is 0. The summed E-state index contributed by atoms with van der Waals surface area (Å²) in [6.45, 7) is 5.50. The van der Waals surface area contributed by atoms with E-state index in [1.165, 1.54) is 32.6 Å². The maximum absolute atomic E-state index is 10.8. The molecular weight excluding hydrogens is 164 g/mol. The summed E-state index contributed by atoms with van der Waals surface area (Å²) in [6.07, 6.45) is 6.34. The number of esters is 1. The van der Waals surface area contributed by atoms with Crippen molar-refractivity contribution in [3.63, 3.8) is 0 Å². The molecule has 0 radical (unpaired) electrons. The average molecular weight is 184 g/mol. The zero-order valence-electron chi connectivity index (χ0n) is 8.93. The average Bonchev–Trinajstić information content (AvgIpc) is 2.34. The van der Waals surface area contributed by atoms with E-state index in [9.17, 15) is 4.79 Å². The normalized spacial score (nSPS) is 19.0. The fraction of sp³-hybridized carbons (Fsp3) is 0.909. The van der Waals surface area contributed by atoms with E-state index in [1.54, 1.807) is 0 Å². The molecule has 0 N–H and O–H groups in total. The summed E-state index contributed by atoms with van der Waals surface area (Å²) in [5.41, 5.74) is -0.263. The molecule has 1 aliphatic carbocycles. The minimum atomic E-state index is -0.263. The van der Waals surface area contributed by atoms with Gasteiger partial charge >= 0.3 is 5.97 Å². The summed E-state index contributed by atoms with van der Waals surface area (Å²) in [4.78, 5) is 10.8. The zero-order chi connectivity index (χ0) is 9.90. The Morgan fingerprint density at radius 2 is 1.92 bits per heavy atom. The van der Waals surface area contributed by atoms with Crippen LogP contribution in [0.3, 0.4) is 0 Å². The lowest BCUT2D eigenvalue weighted by atomic mass is 9.92. The smallest absolute Gasteiger partial charge is 0.303 e. The van der Waals surface area contributed by atoms with Gasteiger partial charge in [0.25, 0.3) is 0 Å². The van der Waals surface area contributed by atoms with Crippen LogP contribution in [0.1, 0.15) is 52.9 Å². The molecule has 76 valence electrons. The molecule has 0 atom stereocenters. The predicted molar refractivity (Wildman–Crippen MR) is 52.4 cm³/mol. The Morgan fingerprint density at radius 1 is 1.38 bits per heavy atom. The molecule has 0 amide bonds. The molecule has 2 nitrogen and oxygen atoms in total. The van der Waals surface area contributed by atoms with Gasteiger partial charge in [-0.1, -0.05) is 25.7 Å². The third-order valence-electron chi connectivity index (χ3n) is 2.68. The van der Waals surface area contributed by atoms with Gasteiger partial charge in [-0.15, -0.1) is 0 Å². The monoisotopic (exact) mass is 184 g/mol. The van der Waals surface area contributed by atoms with Crippen molar-refractivity contribution in [2.45, 2.75) is 58.5 Å². The molecule has 13 heavy (non-hydrogen) atoms. The molecule has 2 heteroatoms. The third-order valence-corrected chi connectivity index (χ3v) is 2.68. The van der Waals surface area contributed by atoms with Gasteiger partial charge in [0.05, 0.1) is 0 Å². The number of carbonyl (C=O) groups is 1. The van der Waals surface area contributed by atoms with Crippen molar-refractivity contribution in [1.29, 1.82) is 0 Å². The van der Waals surface area contributed by atoms with Crippen molar-refractivity contribution < 1.29 is 9.53 Å². The fourth-order valence-electron chi connectivity index (χ4n) is 2.34. The molecule has 1 saturated carbocycles. The molecule has 0 aromatic carbocycles. The van der Waals surface area contributed by atoms with E-state index >= 15 is 0 Å². The van der Waals surface area contributed by atoms with Gasteiger partial charge in [0.2, 0.25) is 0 Å². The molecule has 0 bridgehead atoms. The fourth-order valence-corrected chi connectivity index (χ4v) is 2.34. The first-order valence-corrected chi connectivity index (χ1v) is 5.19. The molecule has 0 unspecified atom stereocenters. The molecule has 1 fully saturated rings. The van der Waals surface area contributed by atoms with Crippen molar-refractivity contribution in [3.05, 3.63) is 0 Å². The maximum atomic E-state index is 10.8. The quantitative estimate of drug-likeness (QED) is 0.630. The third kappa shape index (κ3) is 3.79. The summed E-state index contributed by atoms with van der Waals surface area (Å²) in [5.74, 6) is 0.609. The lowest BCUT2D eigenvalue weighted by Gasteiger charge is -2.27. The molecular formula is C11H20O2. The van der Waals surface area contributed by atoms with Crippen molar-refractivity contribution in [3.8, 4) is 0 Å². The van der Waals surface area contributed by atoms with Crippen molar-refractivity contribution >= 4 is 5.97 Å². The van der Waals surface area contributed by atoms with E-state index in [2.05, 4.69) is 0 Å². The first kappa shape index (κ1) is 10.6. The van der Waals surface area contributed by atoms with Gasteiger partial charge in [0, 0.05) is 6.92 Å². The van der Waals surface area contributed by atoms with Crippen molar-refractivity contribution in [1.82, 2.24) is 0 Å². The standard InChI is InChI=1S/C11H20O2/c1-9(12)13-11(2,3)8-10-6-4-5-7-10/h10H,4-8H2,1-3H3. The van der Waals surface area contributed by atoms with E-state index in [0.29, 0.717) is 0 Å². The Balaban J connectivity index is 2.35. The van der Waals surface area contributed by atoms with Crippen LogP contribution in [-0.2, 0) is 9.53 Å². The summed E-state index contributed by atoms with van der Waals surface area (Å²) in [7, 11) is 0. The van der Waals surface area contributed by atoms with Gasteiger partial charge in [0.1, 0.15) is 5.60 Å². The van der Waals surface area contributed by atoms with Gasteiger partial charge in [-0.25, -0.2) is 0 Å². The largest absolute Gasteiger partial charge is 0.460 e. The van der Waals surface area contributed by atoms with Crippen LogP contribution >= 0.6 is 0 Å². The van der Waals surface area contributed by atoms with E-state index in [1.807, 2.05) is 13.8 Å². The van der Waals surface area contributed by atoms with E-state index < -0.39 is 0 Å². The first-order chi connectivity index (χ1) is 5.99. The molecule has 1 aliphatic rings. The molecule has 0 spiro atoms. The Kier molecular flexibility index (Phi) is 3.34. The second-order valence-corrected chi connectivity index (χ2v) is 4.71. The minimum absolute atomic E-state index is 0.164. The summed E-state index contributed by atoms with van der Waals surface area (Å²) in [5, 5.41) is 0. The van der Waals surface area contributed by atoms with Crippen LogP contribution in [0.25, 0.3) is 0 Å². The van der Waals surface area contributed by atoms with Crippen LogP contribution < -0.4 is 0 Å². The van der Waals surface area contributed by atoms with Crippen LogP contribution in [0.15, 0.2) is 0 Å². The van der Waals surface area contributed by atoms with Gasteiger partial charge in [-0.05, 0) is 26.2 Å². The topological polar surface area (TPSA) is 26.3 Å². The van der Waals surface area contributed by atoms with Gasteiger partial charge < -0.3 is 4.74 Å². The summed E-state index contributed by atoms with van der Waals surface area (Å²) >= 11 is 0. The lowest BCUT2D eigenvalue weighted by Crippen LogP contribution is -2.29. The number of hydrogen-bond acceptors (Lipinski definition) is 2. The number of rotatable bonds is 3. The highest BCUT2D eigenvalue weighted by molar-refractivity contribution is 5.66. The Morgan fingerprint density at radius 3 is 2.38 bits per heavy atom. The molecule has 0 saturated heterocycles. The highest BCUT2D eigenvalue weighted by Crippen LogP contribution is 2.33. The van der Waals surface area contributed by atoms with Crippen LogP contribution in [-0.4, -0.2) is 11.6 Å². The molecule has 0 aromatic rings. The second kappa shape index (κ2) is 4.12. The minimum Gasteiger partial charge on any atom is -0.460 e. The van der Waals surface area contributed by atoms with Crippen LogP contribution in [0, 0.1) is 5.92 Å². The van der Waals surface area contributed by atoms with Crippen LogP contribution in [0.2, 0.25) is 0 Å². The lowest BCUT2D eigenvalue weighted by molar-refractivity contribution is -0.155. The van der Waals surface area contributed by atoms with E-state index in [4.69, 9.17) is 4.74 Å². The zero-order valence-corrected chi connectivity index (χ0v) is 8.93. The number of carbonyl (C=O) groups excluding carboxylic acids is 1. The first-order valence-electron chi connectivity index (χ1n) is 5.19. The van der Waals surface area contributed by atoms with Crippen molar-refractivity contribution in [2.24, 2.45) is 5.92 Å². The van der Waals surface area contributed by atoms with Gasteiger partial charge in [-0.3, -0.25) is 4.79 Å². The Hall–Kier alpha value is -0.530. The molecule has 1 rings (SSSR count). The van der Waals surface area contributed by atoms with Gasteiger partial charge in [-0.2, -0.15) is 0 Å². The van der Waals surface area contributed by atoms with Crippen molar-refractivity contribution in [2.75, 3.05) is 0 Å². The van der Waals surface area contributed by atoms with Gasteiger partial charge in [0.15, 0.2) is 0 Å². The number of ether oxygens (including phenoxy) is 1. The molecule has 0 heterocycles. The summed E-state index contributed by atoms with van der Waals surface area (Å²) in [6, 6.07) is 0. The second-order valence-electron chi connectivity index (χ2n) is 4.71. The van der Waals surface area contributed by atoms with Crippen LogP contribution in [0.5, 0.6) is 0 Å². The highest BCUT2D eigenvalue weighted by atomic mass is 16.6.